The van der Waals surface area contributed by atoms with Gasteiger partial charge in [-0.3, -0.25) is 4.31 Å². The van der Waals surface area contributed by atoms with Gasteiger partial charge >= 0.3 is 0 Å². The van der Waals surface area contributed by atoms with Crippen LogP contribution in [-0.4, -0.2) is 15.5 Å². The summed E-state index contributed by atoms with van der Waals surface area (Å²) in [6.45, 7) is 0. The Morgan fingerprint density at radius 3 is 2.19 bits per heavy atom. The van der Waals surface area contributed by atoms with E-state index >= 15 is 0 Å². The first kappa shape index (κ1) is 15.5. The molecule has 0 aliphatic heterocycles. The molecule has 4 nitrogen and oxygen atoms in total. The van der Waals surface area contributed by atoms with Crippen molar-refractivity contribution in [3.63, 3.8) is 0 Å². The van der Waals surface area contributed by atoms with E-state index in [1.165, 1.54) is 11.4 Å². The highest BCUT2D eigenvalue weighted by atomic mass is 79.9. The van der Waals surface area contributed by atoms with Crippen molar-refractivity contribution >= 4 is 31.6 Å². The first-order chi connectivity index (χ1) is 9.95. The van der Waals surface area contributed by atoms with Crippen LogP contribution in [0.15, 0.2) is 57.9 Å². The van der Waals surface area contributed by atoms with Gasteiger partial charge < -0.3 is 0 Å². The number of halogens is 1. The Hall–Kier alpha value is -1.84. The summed E-state index contributed by atoms with van der Waals surface area (Å²) in [6, 6.07) is 15.5. The summed E-state index contributed by atoms with van der Waals surface area (Å²) in [4.78, 5) is 0.231. The zero-order valence-corrected chi connectivity index (χ0v) is 13.7. The number of sulfonamides is 1. The summed E-state index contributed by atoms with van der Waals surface area (Å²) in [5, 5.41) is 8.64. The van der Waals surface area contributed by atoms with Gasteiger partial charge in [0.1, 0.15) is 0 Å². The van der Waals surface area contributed by atoms with Gasteiger partial charge in [-0.05, 0) is 42.0 Å². The smallest absolute Gasteiger partial charge is 0.264 e. The number of anilines is 1. The van der Waals surface area contributed by atoms with Gasteiger partial charge in [0.25, 0.3) is 10.0 Å². The van der Waals surface area contributed by atoms with Crippen LogP contribution >= 0.6 is 15.9 Å². The molecule has 0 radical (unpaired) electrons. The van der Waals surface area contributed by atoms with Crippen LogP contribution in [0.25, 0.3) is 0 Å². The van der Waals surface area contributed by atoms with Crippen LogP contribution in [-0.2, 0) is 16.4 Å². The monoisotopic (exact) mass is 364 g/mol. The molecule has 6 heteroatoms. The van der Waals surface area contributed by atoms with E-state index in [4.69, 9.17) is 5.26 Å². The normalized spacial score (nSPS) is 10.9. The second-order valence-electron chi connectivity index (χ2n) is 4.43. The molecule has 0 saturated carbocycles. The lowest BCUT2D eigenvalue weighted by Gasteiger charge is -2.19. The summed E-state index contributed by atoms with van der Waals surface area (Å²) < 4.78 is 27.1. The molecule has 0 amide bonds. The quantitative estimate of drug-likeness (QED) is 0.835. The Labute approximate surface area is 132 Å². The molecule has 21 heavy (non-hydrogen) atoms. The van der Waals surface area contributed by atoms with Gasteiger partial charge in [0.05, 0.1) is 23.1 Å². The number of hydrogen-bond donors (Lipinski definition) is 0. The minimum absolute atomic E-state index is 0.231. The average Bonchev–Trinajstić information content (AvgIpc) is 2.48. The molecule has 0 spiro atoms. The van der Waals surface area contributed by atoms with Crippen LogP contribution < -0.4 is 4.31 Å². The van der Waals surface area contributed by atoms with Crippen molar-refractivity contribution in [1.82, 2.24) is 0 Å². The van der Waals surface area contributed by atoms with Crippen LogP contribution in [0.2, 0.25) is 0 Å². The van der Waals surface area contributed by atoms with E-state index in [0.29, 0.717) is 12.1 Å². The van der Waals surface area contributed by atoms with E-state index in [9.17, 15) is 8.42 Å². The number of benzene rings is 2. The zero-order valence-electron chi connectivity index (χ0n) is 11.3. The van der Waals surface area contributed by atoms with Crippen LogP contribution in [0.4, 0.5) is 5.69 Å². The summed E-state index contributed by atoms with van der Waals surface area (Å²) >= 11 is 3.28. The number of nitriles is 1. The Balaban J connectivity index is 2.31. The largest absolute Gasteiger partial charge is 0.269 e. The summed E-state index contributed by atoms with van der Waals surface area (Å²) in [5.41, 5.74) is 1.41. The van der Waals surface area contributed by atoms with E-state index in [1.807, 2.05) is 0 Å². The molecule has 2 aromatic carbocycles. The summed E-state index contributed by atoms with van der Waals surface area (Å²) in [6.07, 6.45) is 0.309. The fourth-order valence-electron chi connectivity index (χ4n) is 1.82. The maximum absolute atomic E-state index is 12.5. The van der Waals surface area contributed by atoms with Gasteiger partial charge in [-0.15, -0.1) is 0 Å². The van der Waals surface area contributed by atoms with Crippen LogP contribution in [0.1, 0.15) is 5.56 Å². The van der Waals surface area contributed by atoms with Gasteiger partial charge in [0.2, 0.25) is 0 Å². The number of rotatable bonds is 4. The minimum atomic E-state index is -3.59. The summed E-state index contributed by atoms with van der Waals surface area (Å²) in [5.74, 6) is 0. The van der Waals surface area contributed by atoms with Gasteiger partial charge in [0, 0.05) is 11.5 Å². The van der Waals surface area contributed by atoms with Crippen molar-refractivity contribution in [2.45, 2.75) is 11.3 Å². The van der Waals surface area contributed by atoms with E-state index in [1.54, 1.807) is 48.5 Å². The molecule has 0 bridgehead atoms. The van der Waals surface area contributed by atoms with E-state index < -0.39 is 10.0 Å². The highest BCUT2D eigenvalue weighted by Crippen LogP contribution is 2.23. The molecule has 2 aromatic rings. The van der Waals surface area contributed by atoms with Crippen LogP contribution in [0.5, 0.6) is 0 Å². The number of hydrogen-bond acceptors (Lipinski definition) is 3. The molecule has 0 atom stereocenters. The van der Waals surface area contributed by atoms with Gasteiger partial charge in [0.15, 0.2) is 0 Å². The molecule has 2 rings (SSSR count). The lowest BCUT2D eigenvalue weighted by atomic mass is 10.1. The predicted molar refractivity (Wildman–Crippen MR) is 85.5 cm³/mol. The fraction of sp³-hybridized carbons (Fsp3) is 0.133. The van der Waals surface area contributed by atoms with Crippen LogP contribution in [0, 0.1) is 11.3 Å². The Kier molecular flexibility index (Phi) is 4.66. The Morgan fingerprint density at radius 1 is 1.10 bits per heavy atom. The topological polar surface area (TPSA) is 61.2 Å². The molecule has 0 unspecified atom stereocenters. The highest BCUT2D eigenvalue weighted by Gasteiger charge is 2.20. The third-order valence-electron chi connectivity index (χ3n) is 3.06. The average molecular weight is 365 g/mol. The van der Waals surface area contributed by atoms with Crippen molar-refractivity contribution < 1.29 is 8.42 Å². The lowest BCUT2D eigenvalue weighted by Crippen LogP contribution is -2.26. The molecular weight excluding hydrogens is 352 g/mol. The number of nitrogens with zero attached hydrogens (tertiary/aromatic N) is 2. The molecule has 0 heterocycles. The van der Waals surface area contributed by atoms with Crippen molar-refractivity contribution in [1.29, 1.82) is 5.26 Å². The molecule has 0 aliphatic rings. The first-order valence-electron chi connectivity index (χ1n) is 6.15. The standard InChI is InChI=1S/C15H13BrN2O2S/c1-18(14-6-2-12(3-7-14)10-11-17)21(19,20)15-8-4-13(16)5-9-15/h2-9H,10H2,1H3. The molecule has 0 saturated heterocycles. The van der Waals surface area contributed by atoms with Gasteiger partial charge in [-0.1, -0.05) is 28.1 Å². The first-order valence-corrected chi connectivity index (χ1v) is 8.39. The third kappa shape index (κ3) is 3.43. The molecule has 0 aliphatic carbocycles. The molecule has 0 aromatic heterocycles. The van der Waals surface area contributed by atoms with E-state index in [0.717, 1.165) is 10.0 Å². The van der Waals surface area contributed by atoms with Crippen molar-refractivity contribution in [2.75, 3.05) is 11.4 Å². The van der Waals surface area contributed by atoms with Crippen molar-refractivity contribution in [3.05, 3.63) is 58.6 Å². The highest BCUT2D eigenvalue weighted by molar-refractivity contribution is 9.10. The Bertz CT molecular complexity index is 763. The molecule has 0 N–H and O–H groups in total. The van der Waals surface area contributed by atoms with Crippen LogP contribution in [0.3, 0.4) is 0 Å². The second kappa shape index (κ2) is 6.29. The molecular formula is C15H13BrN2O2S. The fourth-order valence-corrected chi connectivity index (χ4v) is 3.28. The van der Waals surface area contributed by atoms with Crippen molar-refractivity contribution in [3.8, 4) is 6.07 Å². The SMILES string of the molecule is CN(c1ccc(CC#N)cc1)S(=O)(=O)c1ccc(Br)cc1. The zero-order chi connectivity index (χ0) is 15.5. The lowest BCUT2D eigenvalue weighted by molar-refractivity contribution is 0.594. The maximum atomic E-state index is 12.5. The maximum Gasteiger partial charge on any atom is 0.264 e. The molecule has 108 valence electrons. The second-order valence-corrected chi connectivity index (χ2v) is 7.31. The van der Waals surface area contributed by atoms with E-state index in [-0.39, 0.29) is 4.90 Å². The molecule has 0 fully saturated rings. The van der Waals surface area contributed by atoms with Gasteiger partial charge in [-0.25, -0.2) is 8.42 Å². The summed E-state index contributed by atoms with van der Waals surface area (Å²) in [7, 11) is -2.08. The van der Waals surface area contributed by atoms with Crippen molar-refractivity contribution in [2.24, 2.45) is 0 Å². The third-order valence-corrected chi connectivity index (χ3v) is 5.38. The predicted octanol–water partition coefficient (Wildman–Crippen LogP) is 3.34. The van der Waals surface area contributed by atoms with E-state index in [2.05, 4.69) is 22.0 Å². The minimum Gasteiger partial charge on any atom is -0.269 e. The Morgan fingerprint density at radius 2 is 1.67 bits per heavy atom. The van der Waals surface area contributed by atoms with Gasteiger partial charge in [-0.2, -0.15) is 5.26 Å².